The largest absolute Gasteiger partial charge is 0.331 e. The van der Waals surface area contributed by atoms with Crippen LogP contribution in [-0.4, -0.2) is 34.1 Å². The second-order valence-electron chi connectivity index (χ2n) is 4.60. The van der Waals surface area contributed by atoms with E-state index in [2.05, 4.69) is 28.3 Å². The van der Waals surface area contributed by atoms with Gasteiger partial charge in [-0.1, -0.05) is 31.5 Å². The molecule has 0 unspecified atom stereocenters. The van der Waals surface area contributed by atoms with Crippen LogP contribution in [-0.2, 0) is 6.54 Å². The first-order valence-corrected chi connectivity index (χ1v) is 7.55. The lowest BCUT2D eigenvalue weighted by Gasteiger charge is -2.17. The molecule has 0 saturated heterocycles. The van der Waals surface area contributed by atoms with Crippen molar-refractivity contribution in [3.05, 3.63) is 28.0 Å². The van der Waals surface area contributed by atoms with Gasteiger partial charge in [-0.2, -0.15) is 0 Å². The van der Waals surface area contributed by atoms with Gasteiger partial charge in [0, 0.05) is 6.54 Å². The molecule has 0 aliphatic heterocycles. The molecule has 0 radical (unpaired) electrons. The van der Waals surface area contributed by atoms with E-state index in [4.69, 9.17) is 23.8 Å². The van der Waals surface area contributed by atoms with E-state index in [1.807, 2.05) is 18.2 Å². The molecule has 19 heavy (non-hydrogen) atoms. The number of nitrogens with zero attached hydrogens (tertiary/aromatic N) is 2. The van der Waals surface area contributed by atoms with Gasteiger partial charge in [0.15, 0.2) is 4.77 Å². The van der Waals surface area contributed by atoms with Gasteiger partial charge < -0.3 is 14.5 Å². The molecule has 0 aliphatic carbocycles. The Labute approximate surface area is 124 Å². The summed E-state index contributed by atoms with van der Waals surface area (Å²) in [6.45, 7) is 8.56. The maximum absolute atomic E-state index is 6.27. The fourth-order valence-electron chi connectivity index (χ4n) is 2.38. The first kappa shape index (κ1) is 14.6. The molecule has 0 bridgehead atoms. The molecular formula is C14H20ClN3S. The van der Waals surface area contributed by atoms with Crippen molar-refractivity contribution < 1.29 is 0 Å². The van der Waals surface area contributed by atoms with Gasteiger partial charge in [0.1, 0.15) is 0 Å². The van der Waals surface area contributed by atoms with Gasteiger partial charge >= 0.3 is 0 Å². The number of aromatic amines is 1. The number of para-hydroxylation sites is 1. The molecule has 0 spiro atoms. The minimum absolute atomic E-state index is 0.752. The maximum Gasteiger partial charge on any atom is 0.178 e. The Morgan fingerprint density at radius 1 is 1.32 bits per heavy atom. The van der Waals surface area contributed by atoms with Gasteiger partial charge in [-0.3, -0.25) is 0 Å². The van der Waals surface area contributed by atoms with Gasteiger partial charge in [-0.15, -0.1) is 0 Å². The topological polar surface area (TPSA) is 24.0 Å². The molecule has 0 atom stereocenters. The van der Waals surface area contributed by atoms with Crippen LogP contribution in [0, 0.1) is 4.77 Å². The van der Waals surface area contributed by atoms with Crippen molar-refractivity contribution in [3.8, 4) is 0 Å². The number of aryl methyl sites for hydroxylation is 1. The number of nitrogens with one attached hydrogen (secondary N) is 1. The zero-order valence-corrected chi connectivity index (χ0v) is 13.0. The van der Waals surface area contributed by atoms with Gasteiger partial charge in [0.05, 0.1) is 16.1 Å². The molecule has 1 aromatic heterocycles. The lowest BCUT2D eigenvalue weighted by Crippen LogP contribution is -2.24. The lowest BCUT2D eigenvalue weighted by atomic mass is 10.3. The van der Waals surface area contributed by atoms with Crippen LogP contribution in [0.5, 0.6) is 0 Å². The standard InChI is InChI=1S/C14H20ClN3S/c1-3-17(4-2)9-6-10-18-13-11(15)7-5-8-12(13)16-14(18)19/h5,7-8H,3-4,6,9-10H2,1-2H3,(H,16,19). The van der Waals surface area contributed by atoms with Crippen LogP contribution in [0.15, 0.2) is 18.2 Å². The summed E-state index contributed by atoms with van der Waals surface area (Å²) in [6, 6.07) is 5.86. The van der Waals surface area contributed by atoms with Crippen LogP contribution in [0.4, 0.5) is 0 Å². The Bertz CT molecular complexity index is 598. The number of aromatic nitrogens is 2. The zero-order valence-electron chi connectivity index (χ0n) is 11.4. The molecule has 2 aromatic rings. The Morgan fingerprint density at radius 3 is 2.74 bits per heavy atom. The van der Waals surface area contributed by atoms with Gasteiger partial charge in [-0.05, 0) is 50.4 Å². The van der Waals surface area contributed by atoms with Crippen LogP contribution >= 0.6 is 23.8 Å². The third-order valence-corrected chi connectivity index (χ3v) is 4.12. The number of benzene rings is 1. The highest BCUT2D eigenvalue weighted by Gasteiger charge is 2.08. The van der Waals surface area contributed by atoms with E-state index in [1.54, 1.807) is 0 Å². The lowest BCUT2D eigenvalue weighted by molar-refractivity contribution is 0.293. The monoisotopic (exact) mass is 297 g/mol. The number of hydrogen-bond acceptors (Lipinski definition) is 2. The highest BCUT2D eigenvalue weighted by atomic mass is 35.5. The first-order valence-electron chi connectivity index (χ1n) is 6.76. The second kappa shape index (κ2) is 6.55. The molecule has 2 rings (SSSR count). The number of hydrogen-bond donors (Lipinski definition) is 1. The first-order chi connectivity index (χ1) is 9.17. The van der Waals surface area contributed by atoms with E-state index in [-0.39, 0.29) is 0 Å². The van der Waals surface area contributed by atoms with E-state index in [0.29, 0.717) is 0 Å². The van der Waals surface area contributed by atoms with Crippen LogP contribution < -0.4 is 0 Å². The molecule has 104 valence electrons. The molecule has 1 aromatic carbocycles. The SMILES string of the molecule is CCN(CC)CCCn1c(=S)[nH]c2cccc(Cl)c21. The number of rotatable bonds is 6. The summed E-state index contributed by atoms with van der Waals surface area (Å²) in [7, 11) is 0. The average molecular weight is 298 g/mol. The van der Waals surface area contributed by atoms with E-state index < -0.39 is 0 Å². The molecular weight excluding hydrogens is 278 g/mol. The molecule has 1 heterocycles. The van der Waals surface area contributed by atoms with Crippen LogP contribution in [0.25, 0.3) is 11.0 Å². The van der Waals surface area contributed by atoms with E-state index in [1.165, 1.54) is 0 Å². The third kappa shape index (κ3) is 3.19. The van der Waals surface area contributed by atoms with E-state index >= 15 is 0 Å². The summed E-state index contributed by atoms with van der Waals surface area (Å²) >= 11 is 11.7. The van der Waals surface area contributed by atoms with Crippen molar-refractivity contribution in [1.29, 1.82) is 0 Å². The van der Waals surface area contributed by atoms with Crippen molar-refractivity contribution in [2.24, 2.45) is 0 Å². The zero-order chi connectivity index (χ0) is 13.8. The van der Waals surface area contributed by atoms with Crippen molar-refractivity contribution in [2.75, 3.05) is 19.6 Å². The van der Waals surface area contributed by atoms with Crippen molar-refractivity contribution in [1.82, 2.24) is 14.5 Å². The minimum atomic E-state index is 0.752. The summed E-state index contributed by atoms with van der Waals surface area (Å²) in [5.74, 6) is 0. The number of halogens is 1. The fraction of sp³-hybridized carbons (Fsp3) is 0.500. The summed E-state index contributed by atoms with van der Waals surface area (Å²) in [5, 5.41) is 0.757. The normalized spacial score (nSPS) is 11.6. The average Bonchev–Trinajstić information content (AvgIpc) is 2.72. The van der Waals surface area contributed by atoms with E-state index in [9.17, 15) is 0 Å². The Balaban J connectivity index is 2.17. The fourth-order valence-corrected chi connectivity index (χ4v) is 2.95. The van der Waals surface area contributed by atoms with E-state index in [0.717, 1.165) is 53.4 Å². The Kier molecular flexibility index (Phi) is 5.02. The second-order valence-corrected chi connectivity index (χ2v) is 5.39. The van der Waals surface area contributed by atoms with Crippen LogP contribution in [0.1, 0.15) is 20.3 Å². The van der Waals surface area contributed by atoms with Crippen molar-refractivity contribution >= 4 is 34.9 Å². The summed E-state index contributed by atoms with van der Waals surface area (Å²) in [4.78, 5) is 5.63. The summed E-state index contributed by atoms with van der Waals surface area (Å²) < 4.78 is 2.86. The number of fused-ring (bicyclic) bond motifs is 1. The van der Waals surface area contributed by atoms with Crippen LogP contribution in [0.2, 0.25) is 5.02 Å². The maximum atomic E-state index is 6.27. The van der Waals surface area contributed by atoms with Crippen molar-refractivity contribution in [2.45, 2.75) is 26.8 Å². The molecule has 1 N–H and O–H groups in total. The smallest absolute Gasteiger partial charge is 0.178 e. The third-order valence-electron chi connectivity index (χ3n) is 3.49. The predicted molar refractivity (Wildman–Crippen MR) is 84.5 cm³/mol. The van der Waals surface area contributed by atoms with Gasteiger partial charge in [0.25, 0.3) is 0 Å². The number of H-pyrrole nitrogens is 1. The quantitative estimate of drug-likeness (QED) is 0.812. The molecule has 0 aliphatic rings. The molecule has 0 saturated carbocycles. The highest BCUT2D eigenvalue weighted by Crippen LogP contribution is 2.23. The molecule has 0 amide bonds. The predicted octanol–water partition coefficient (Wildman–Crippen LogP) is 4.08. The van der Waals surface area contributed by atoms with Gasteiger partial charge in [0.2, 0.25) is 0 Å². The van der Waals surface area contributed by atoms with Crippen LogP contribution in [0.3, 0.4) is 0 Å². The minimum Gasteiger partial charge on any atom is -0.331 e. The van der Waals surface area contributed by atoms with Crippen molar-refractivity contribution in [3.63, 3.8) is 0 Å². The highest BCUT2D eigenvalue weighted by molar-refractivity contribution is 7.71. The molecule has 3 nitrogen and oxygen atoms in total. The number of imidazole rings is 1. The Hall–Kier alpha value is -0.840. The molecule has 5 heteroatoms. The Morgan fingerprint density at radius 2 is 2.05 bits per heavy atom. The molecule has 0 fully saturated rings. The summed E-state index contributed by atoms with van der Waals surface area (Å²) in [5.41, 5.74) is 2.04. The summed E-state index contributed by atoms with van der Waals surface area (Å²) in [6.07, 6.45) is 1.08. The van der Waals surface area contributed by atoms with Gasteiger partial charge in [-0.25, -0.2) is 0 Å².